The zero-order chi connectivity index (χ0) is 19.9. The highest BCUT2D eigenvalue weighted by atomic mass is 35.5. The Bertz CT molecular complexity index is 757. The zero-order valence-corrected chi connectivity index (χ0v) is 17.8. The fourth-order valence-electron chi connectivity index (χ4n) is 3.90. The van der Waals surface area contributed by atoms with Crippen LogP contribution in [0.25, 0.3) is 0 Å². The van der Waals surface area contributed by atoms with Crippen LogP contribution in [0.5, 0.6) is 0 Å². The molecule has 1 heterocycles. The Labute approximate surface area is 174 Å². The molecule has 1 atom stereocenters. The maximum Gasteiger partial charge on any atom is 0.254 e. The van der Waals surface area contributed by atoms with Crippen LogP contribution < -0.4 is 0 Å². The maximum absolute atomic E-state index is 13.2. The molecular formula is C24H31ClN2O. The Morgan fingerprint density at radius 1 is 1.11 bits per heavy atom. The van der Waals surface area contributed by atoms with Gasteiger partial charge in [-0.1, -0.05) is 47.9 Å². The summed E-state index contributed by atoms with van der Waals surface area (Å²) >= 11 is 6.02. The van der Waals surface area contributed by atoms with Crippen LogP contribution in [0.15, 0.2) is 48.5 Å². The van der Waals surface area contributed by atoms with Gasteiger partial charge < -0.3 is 9.80 Å². The lowest BCUT2D eigenvalue weighted by molar-refractivity contribution is 0.0726. The van der Waals surface area contributed by atoms with Crippen LogP contribution in [0, 0.1) is 6.92 Å². The van der Waals surface area contributed by atoms with Gasteiger partial charge in [0, 0.05) is 36.3 Å². The minimum absolute atomic E-state index is 0.0987. The Kier molecular flexibility index (Phi) is 7.52. The zero-order valence-electron chi connectivity index (χ0n) is 17.0. The van der Waals surface area contributed by atoms with E-state index in [1.54, 1.807) is 0 Å². The molecule has 2 aromatic carbocycles. The summed E-state index contributed by atoms with van der Waals surface area (Å²) in [6, 6.07) is 16.3. The van der Waals surface area contributed by atoms with Crippen LogP contribution in [0.2, 0.25) is 5.02 Å². The molecule has 3 nitrogen and oxygen atoms in total. The average Bonchev–Trinajstić information content (AvgIpc) is 2.70. The number of halogens is 1. The summed E-state index contributed by atoms with van der Waals surface area (Å²) in [5.74, 6) is 0.0987. The monoisotopic (exact) mass is 398 g/mol. The first-order valence-electron chi connectivity index (χ1n) is 10.4. The number of carbonyl (C=O) groups is 1. The minimum atomic E-state index is 0.0987. The fourth-order valence-corrected chi connectivity index (χ4v) is 4.02. The molecule has 0 aliphatic carbocycles. The number of piperidine rings is 1. The van der Waals surface area contributed by atoms with Gasteiger partial charge in [-0.05, 0) is 69.5 Å². The second kappa shape index (κ2) is 10.1. The van der Waals surface area contributed by atoms with Crippen molar-refractivity contribution >= 4 is 17.5 Å². The van der Waals surface area contributed by atoms with Crippen molar-refractivity contribution in [3.05, 3.63) is 70.2 Å². The molecule has 1 amide bonds. The normalized spacial score (nSPS) is 17.5. The first kappa shape index (κ1) is 20.9. The molecule has 1 aliphatic heterocycles. The van der Waals surface area contributed by atoms with E-state index >= 15 is 0 Å². The second-order valence-electron chi connectivity index (χ2n) is 7.95. The van der Waals surface area contributed by atoms with Gasteiger partial charge in [-0.2, -0.15) is 0 Å². The molecule has 0 spiro atoms. The van der Waals surface area contributed by atoms with E-state index < -0.39 is 0 Å². The van der Waals surface area contributed by atoms with Crippen LogP contribution >= 0.6 is 11.6 Å². The molecule has 0 radical (unpaired) electrons. The van der Waals surface area contributed by atoms with E-state index in [4.69, 9.17) is 11.6 Å². The number of aryl methyl sites for hydroxylation is 1. The molecule has 4 heteroatoms. The summed E-state index contributed by atoms with van der Waals surface area (Å²) in [6.07, 6.45) is 4.92. The largest absolute Gasteiger partial charge is 0.334 e. The molecule has 0 N–H and O–H groups in total. The topological polar surface area (TPSA) is 23.6 Å². The van der Waals surface area contributed by atoms with E-state index in [1.165, 1.54) is 31.4 Å². The van der Waals surface area contributed by atoms with E-state index in [0.29, 0.717) is 12.6 Å². The van der Waals surface area contributed by atoms with E-state index in [-0.39, 0.29) is 5.91 Å². The summed E-state index contributed by atoms with van der Waals surface area (Å²) < 4.78 is 0. The number of carbonyl (C=O) groups excluding carboxylic acids is 1. The van der Waals surface area contributed by atoms with Gasteiger partial charge in [-0.3, -0.25) is 4.79 Å². The first-order valence-corrected chi connectivity index (χ1v) is 10.7. The number of nitrogens with zero attached hydrogens (tertiary/aromatic N) is 2. The predicted octanol–water partition coefficient (Wildman–Crippen LogP) is 5.56. The van der Waals surface area contributed by atoms with Crippen LogP contribution in [0.3, 0.4) is 0 Å². The number of hydrogen-bond donors (Lipinski definition) is 0. The predicted molar refractivity (Wildman–Crippen MR) is 117 cm³/mol. The van der Waals surface area contributed by atoms with Gasteiger partial charge in [-0.15, -0.1) is 0 Å². The number of likely N-dealkylation sites (tertiary alicyclic amines) is 1. The highest BCUT2D eigenvalue weighted by molar-refractivity contribution is 6.30. The lowest BCUT2D eigenvalue weighted by Gasteiger charge is -2.34. The molecule has 0 bridgehead atoms. The van der Waals surface area contributed by atoms with Crippen molar-refractivity contribution in [3.8, 4) is 0 Å². The molecule has 2 aromatic rings. The van der Waals surface area contributed by atoms with Gasteiger partial charge in [-0.25, -0.2) is 0 Å². The molecule has 0 saturated carbocycles. The van der Waals surface area contributed by atoms with Gasteiger partial charge in [0.15, 0.2) is 0 Å². The summed E-state index contributed by atoms with van der Waals surface area (Å²) in [6.45, 7) is 7.98. The van der Waals surface area contributed by atoms with Crippen LogP contribution in [-0.2, 0) is 6.54 Å². The molecule has 0 aromatic heterocycles. The third kappa shape index (κ3) is 5.83. The highest BCUT2D eigenvalue weighted by Gasteiger charge is 2.20. The molecule has 1 aliphatic rings. The Morgan fingerprint density at radius 3 is 2.50 bits per heavy atom. The summed E-state index contributed by atoms with van der Waals surface area (Å²) in [7, 11) is 0. The van der Waals surface area contributed by atoms with Crippen LogP contribution in [-0.4, -0.2) is 41.4 Å². The number of rotatable bonds is 7. The van der Waals surface area contributed by atoms with Crippen LogP contribution in [0.4, 0.5) is 0 Å². The fraction of sp³-hybridized carbons (Fsp3) is 0.458. The summed E-state index contributed by atoms with van der Waals surface area (Å²) in [5.41, 5.74) is 3.03. The van der Waals surface area contributed by atoms with Gasteiger partial charge in [0.05, 0.1) is 0 Å². The smallest absolute Gasteiger partial charge is 0.254 e. The van der Waals surface area contributed by atoms with E-state index in [1.807, 2.05) is 60.4 Å². The summed E-state index contributed by atoms with van der Waals surface area (Å²) in [5, 5.41) is 0.722. The summed E-state index contributed by atoms with van der Waals surface area (Å²) in [4.78, 5) is 17.7. The van der Waals surface area contributed by atoms with Crippen molar-refractivity contribution < 1.29 is 4.79 Å². The maximum atomic E-state index is 13.2. The van der Waals surface area contributed by atoms with E-state index in [2.05, 4.69) is 11.8 Å². The molecule has 28 heavy (non-hydrogen) atoms. The van der Waals surface area contributed by atoms with Crippen LogP contribution in [0.1, 0.15) is 54.1 Å². The average molecular weight is 399 g/mol. The van der Waals surface area contributed by atoms with Crippen molar-refractivity contribution in [2.45, 2.75) is 52.1 Å². The van der Waals surface area contributed by atoms with Gasteiger partial charge in [0.25, 0.3) is 5.91 Å². The molecule has 1 saturated heterocycles. The van der Waals surface area contributed by atoms with E-state index in [0.717, 1.165) is 35.7 Å². The van der Waals surface area contributed by atoms with Gasteiger partial charge in [0.2, 0.25) is 0 Å². The quantitative estimate of drug-likeness (QED) is 0.609. The highest BCUT2D eigenvalue weighted by Crippen LogP contribution is 2.18. The second-order valence-corrected chi connectivity index (χ2v) is 8.39. The number of amides is 1. The SMILES string of the molecule is Cc1ccc(C(=O)N(CCCN2CCCCC2C)Cc2ccc(Cl)cc2)cc1. The number of hydrogen-bond acceptors (Lipinski definition) is 2. The van der Waals surface area contributed by atoms with Crippen molar-refractivity contribution in [2.24, 2.45) is 0 Å². The van der Waals surface area contributed by atoms with Crippen molar-refractivity contribution in [2.75, 3.05) is 19.6 Å². The number of benzene rings is 2. The lowest BCUT2D eigenvalue weighted by atomic mass is 10.0. The van der Waals surface area contributed by atoms with Gasteiger partial charge in [0.1, 0.15) is 0 Å². The third-order valence-corrected chi connectivity index (χ3v) is 5.94. The van der Waals surface area contributed by atoms with Crippen molar-refractivity contribution in [3.63, 3.8) is 0 Å². The van der Waals surface area contributed by atoms with Crippen molar-refractivity contribution in [1.82, 2.24) is 9.80 Å². The lowest BCUT2D eigenvalue weighted by Crippen LogP contribution is -2.40. The first-order chi connectivity index (χ1) is 13.5. The van der Waals surface area contributed by atoms with E-state index in [9.17, 15) is 4.79 Å². The van der Waals surface area contributed by atoms with Crippen molar-refractivity contribution in [1.29, 1.82) is 0 Å². The molecule has 3 rings (SSSR count). The third-order valence-electron chi connectivity index (χ3n) is 5.69. The molecular weight excluding hydrogens is 368 g/mol. The van der Waals surface area contributed by atoms with Gasteiger partial charge >= 0.3 is 0 Å². The molecule has 1 unspecified atom stereocenters. The minimum Gasteiger partial charge on any atom is -0.334 e. The molecule has 150 valence electrons. The Hall–Kier alpha value is -1.84. The molecule has 1 fully saturated rings. The standard InChI is InChI=1S/C24H31ClN2O/c1-19-7-11-22(12-8-19)24(28)27(18-21-9-13-23(25)14-10-21)17-5-16-26-15-4-3-6-20(26)2/h7-14,20H,3-6,15-18H2,1-2H3. The Morgan fingerprint density at radius 2 is 1.82 bits per heavy atom. The Balaban J connectivity index is 1.67.